The van der Waals surface area contributed by atoms with Crippen LogP contribution in [0.3, 0.4) is 0 Å². The largest absolute Gasteiger partial charge is 0.392 e. The van der Waals surface area contributed by atoms with Gasteiger partial charge in [0.05, 0.1) is 6.10 Å². The van der Waals surface area contributed by atoms with Crippen molar-refractivity contribution in [2.45, 2.75) is 37.7 Å². The summed E-state index contributed by atoms with van der Waals surface area (Å²) in [6.07, 6.45) is 9.28. The summed E-state index contributed by atoms with van der Waals surface area (Å²) in [7, 11) is 0. The van der Waals surface area contributed by atoms with Crippen molar-refractivity contribution < 1.29 is 5.11 Å². The van der Waals surface area contributed by atoms with Gasteiger partial charge in [0, 0.05) is 18.3 Å². The lowest BCUT2D eigenvalue weighted by Crippen LogP contribution is -2.22. The SMILES string of the molecule is O[C@H]1CCCC[C@H]1c1cncnc1. The first-order chi connectivity index (χ1) is 6.38. The Morgan fingerprint density at radius 3 is 2.54 bits per heavy atom. The van der Waals surface area contributed by atoms with Crippen LogP contribution in [0.4, 0.5) is 0 Å². The Balaban J connectivity index is 2.15. The van der Waals surface area contributed by atoms with E-state index >= 15 is 0 Å². The molecule has 1 aliphatic carbocycles. The molecule has 1 aromatic rings. The van der Waals surface area contributed by atoms with Crippen molar-refractivity contribution in [1.82, 2.24) is 9.97 Å². The maximum absolute atomic E-state index is 9.77. The van der Waals surface area contributed by atoms with Gasteiger partial charge in [-0.25, -0.2) is 9.97 Å². The molecular formula is C10H14N2O. The standard InChI is InChI=1S/C10H14N2O/c13-10-4-2-1-3-9(10)8-5-11-7-12-6-8/h5-7,9-10,13H,1-4H2/t9-,10-/m0/s1. The highest BCUT2D eigenvalue weighted by molar-refractivity contribution is 5.12. The summed E-state index contributed by atoms with van der Waals surface area (Å²) < 4.78 is 0. The molecule has 0 amide bonds. The fourth-order valence-electron chi connectivity index (χ4n) is 2.00. The molecule has 1 aromatic heterocycles. The topological polar surface area (TPSA) is 46.0 Å². The van der Waals surface area contributed by atoms with Gasteiger partial charge in [-0.2, -0.15) is 0 Å². The summed E-state index contributed by atoms with van der Waals surface area (Å²) >= 11 is 0. The molecule has 2 atom stereocenters. The summed E-state index contributed by atoms with van der Waals surface area (Å²) in [5.74, 6) is 0.259. The number of aliphatic hydroxyl groups is 1. The maximum atomic E-state index is 9.77. The minimum Gasteiger partial charge on any atom is -0.392 e. The zero-order valence-electron chi connectivity index (χ0n) is 7.56. The van der Waals surface area contributed by atoms with Crippen molar-refractivity contribution in [2.75, 3.05) is 0 Å². The van der Waals surface area contributed by atoms with Crippen LogP contribution in [0.5, 0.6) is 0 Å². The van der Waals surface area contributed by atoms with Crippen molar-refractivity contribution in [1.29, 1.82) is 0 Å². The van der Waals surface area contributed by atoms with Crippen LogP contribution in [0, 0.1) is 0 Å². The van der Waals surface area contributed by atoms with Gasteiger partial charge in [-0.1, -0.05) is 12.8 Å². The second kappa shape index (κ2) is 3.83. The molecule has 13 heavy (non-hydrogen) atoms. The van der Waals surface area contributed by atoms with Gasteiger partial charge in [0.15, 0.2) is 0 Å². The number of aliphatic hydroxyl groups excluding tert-OH is 1. The Labute approximate surface area is 77.8 Å². The number of hydrogen-bond acceptors (Lipinski definition) is 3. The smallest absolute Gasteiger partial charge is 0.115 e. The van der Waals surface area contributed by atoms with E-state index in [-0.39, 0.29) is 12.0 Å². The number of rotatable bonds is 1. The first kappa shape index (κ1) is 8.63. The lowest BCUT2D eigenvalue weighted by molar-refractivity contribution is 0.106. The second-order valence-corrected chi connectivity index (χ2v) is 3.63. The molecular weight excluding hydrogens is 164 g/mol. The van der Waals surface area contributed by atoms with Gasteiger partial charge in [0.1, 0.15) is 6.33 Å². The summed E-state index contributed by atoms with van der Waals surface area (Å²) in [5, 5.41) is 9.77. The van der Waals surface area contributed by atoms with Crippen molar-refractivity contribution >= 4 is 0 Å². The van der Waals surface area contributed by atoms with Crippen molar-refractivity contribution in [2.24, 2.45) is 0 Å². The van der Waals surface area contributed by atoms with E-state index in [1.807, 2.05) is 12.4 Å². The highest BCUT2D eigenvalue weighted by Gasteiger charge is 2.24. The molecule has 0 bridgehead atoms. The molecule has 1 saturated carbocycles. The average Bonchev–Trinajstić information content (AvgIpc) is 2.20. The van der Waals surface area contributed by atoms with Crippen LogP contribution < -0.4 is 0 Å². The van der Waals surface area contributed by atoms with Crippen LogP contribution in [0.25, 0.3) is 0 Å². The third kappa shape index (κ3) is 1.86. The predicted octanol–water partition coefficient (Wildman–Crippen LogP) is 1.50. The normalized spacial score (nSPS) is 28.7. The number of hydrogen-bond donors (Lipinski definition) is 1. The van der Waals surface area contributed by atoms with Crippen LogP contribution in [0.15, 0.2) is 18.7 Å². The lowest BCUT2D eigenvalue weighted by atomic mass is 9.83. The molecule has 1 N–H and O–H groups in total. The second-order valence-electron chi connectivity index (χ2n) is 3.63. The molecule has 0 aliphatic heterocycles. The van der Waals surface area contributed by atoms with E-state index in [0.717, 1.165) is 24.8 Å². The highest BCUT2D eigenvalue weighted by Crippen LogP contribution is 2.31. The van der Waals surface area contributed by atoms with E-state index in [1.54, 1.807) is 0 Å². The minimum atomic E-state index is -0.195. The van der Waals surface area contributed by atoms with Crippen LogP contribution >= 0.6 is 0 Å². The molecule has 0 radical (unpaired) electrons. The lowest BCUT2D eigenvalue weighted by Gasteiger charge is -2.27. The van der Waals surface area contributed by atoms with E-state index in [0.29, 0.717) is 0 Å². The van der Waals surface area contributed by atoms with E-state index in [4.69, 9.17) is 0 Å². The molecule has 3 heteroatoms. The van der Waals surface area contributed by atoms with Gasteiger partial charge < -0.3 is 5.11 Å². The Hall–Kier alpha value is -0.960. The van der Waals surface area contributed by atoms with E-state index in [9.17, 15) is 5.11 Å². The quantitative estimate of drug-likeness (QED) is 0.708. The minimum absolute atomic E-state index is 0.195. The number of nitrogens with zero attached hydrogens (tertiary/aromatic N) is 2. The number of aromatic nitrogens is 2. The summed E-state index contributed by atoms with van der Waals surface area (Å²) in [4.78, 5) is 7.94. The zero-order chi connectivity index (χ0) is 9.10. The molecule has 70 valence electrons. The first-order valence-electron chi connectivity index (χ1n) is 4.81. The molecule has 0 aromatic carbocycles. The summed E-state index contributed by atoms with van der Waals surface area (Å²) in [5.41, 5.74) is 1.08. The van der Waals surface area contributed by atoms with Gasteiger partial charge in [0.2, 0.25) is 0 Å². The Morgan fingerprint density at radius 2 is 1.85 bits per heavy atom. The molecule has 0 unspecified atom stereocenters. The van der Waals surface area contributed by atoms with Gasteiger partial charge in [-0.05, 0) is 18.4 Å². The Morgan fingerprint density at radius 1 is 1.15 bits per heavy atom. The first-order valence-corrected chi connectivity index (χ1v) is 4.81. The highest BCUT2D eigenvalue weighted by atomic mass is 16.3. The molecule has 1 fully saturated rings. The molecule has 1 aliphatic rings. The van der Waals surface area contributed by atoms with E-state index in [1.165, 1.54) is 12.7 Å². The fourth-order valence-corrected chi connectivity index (χ4v) is 2.00. The summed E-state index contributed by atoms with van der Waals surface area (Å²) in [6.45, 7) is 0. The fraction of sp³-hybridized carbons (Fsp3) is 0.600. The molecule has 2 rings (SSSR count). The Bertz CT molecular complexity index is 263. The maximum Gasteiger partial charge on any atom is 0.115 e. The van der Waals surface area contributed by atoms with Crippen LogP contribution in [-0.4, -0.2) is 21.2 Å². The van der Waals surface area contributed by atoms with Crippen LogP contribution in [0.2, 0.25) is 0 Å². The van der Waals surface area contributed by atoms with Gasteiger partial charge in [0.25, 0.3) is 0 Å². The molecule has 0 saturated heterocycles. The van der Waals surface area contributed by atoms with Crippen molar-refractivity contribution in [3.63, 3.8) is 0 Å². The Kier molecular flexibility index (Phi) is 2.54. The third-order valence-electron chi connectivity index (χ3n) is 2.74. The van der Waals surface area contributed by atoms with Crippen LogP contribution in [0.1, 0.15) is 37.2 Å². The summed E-state index contributed by atoms with van der Waals surface area (Å²) in [6, 6.07) is 0. The monoisotopic (exact) mass is 178 g/mol. The zero-order valence-corrected chi connectivity index (χ0v) is 7.56. The van der Waals surface area contributed by atoms with Gasteiger partial charge >= 0.3 is 0 Å². The van der Waals surface area contributed by atoms with Crippen LogP contribution in [-0.2, 0) is 0 Å². The van der Waals surface area contributed by atoms with Gasteiger partial charge in [-0.3, -0.25) is 0 Å². The average molecular weight is 178 g/mol. The van der Waals surface area contributed by atoms with Crippen molar-refractivity contribution in [3.8, 4) is 0 Å². The van der Waals surface area contributed by atoms with Crippen molar-refractivity contribution in [3.05, 3.63) is 24.3 Å². The molecule has 1 heterocycles. The molecule has 3 nitrogen and oxygen atoms in total. The molecule has 0 spiro atoms. The van der Waals surface area contributed by atoms with E-state index in [2.05, 4.69) is 9.97 Å². The van der Waals surface area contributed by atoms with E-state index < -0.39 is 0 Å². The predicted molar refractivity (Wildman–Crippen MR) is 49.2 cm³/mol. The van der Waals surface area contributed by atoms with Gasteiger partial charge in [-0.15, -0.1) is 0 Å². The third-order valence-corrected chi connectivity index (χ3v) is 2.74.